The minimum Gasteiger partial charge on any atom is -0.497 e. The van der Waals surface area contributed by atoms with Crippen LogP contribution in [0.5, 0.6) is 5.75 Å². The molecule has 3 aromatic rings. The molecule has 0 bridgehead atoms. The first-order chi connectivity index (χ1) is 13.0. The van der Waals surface area contributed by atoms with Crippen LogP contribution in [-0.2, 0) is 13.6 Å². The fraction of sp³-hybridized carbons (Fsp3) is 0.158. The predicted octanol–water partition coefficient (Wildman–Crippen LogP) is 3.43. The number of H-pyrrole nitrogens is 1. The second-order valence-electron chi connectivity index (χ2n) is 5.59. The topological polar surface area (TPSA) is 90.5 Å². The Labute approximate surface area is 156 Å². The average Bonchev–Trinajstić information content (AvgIpc) is 3.19. The Morgan fingerprint density at radius 3 is 2.33 bits per heavy atom. The molecular weight excluding hydrogens is 367 g/mol. The standard InChI is InChI=1S/C19H19N2O5P/c1-24-15-11-7-10-14(12-15)18(22)17-16(13-8-5-4-6-9-13)19(21-20-17)27(23,25-2)26-3/h4-12H,1-3H3,(H,20,21). The monoisotopic (exact) mass is 386 g/mol. The molecule has 0 unspecified atom stereocenters. The Bertz CT molecular complexity index is 992. The van der Waals surface area contributed by atoms with Gasteiger partial charge in [-0.15, -0.1) is 0 Å². The summed E-state index contributed by atoms with van der Waals surface area (Å²) in [7, 11) is 0.432. The Morgan fingerprint density at radius 2 is 1.70 bits per heavy atom. The molecule has 1 N–H and O–H groups in total. The zero-order chi connectivity index (χ0) is 19.4. The summed E-state index contributed by atoms with van der Waals surface area (Å²) in [5.74, 6) is 0.214. The highest BCUT2D eigenvalue weighted by molar-refractivity contribution is 7.62. The van der Waals surface area contributed by atoms with Crippen LogP contribution in [0.4, 0.5) is 0 Å². The number of aromatic amines is 1. The third-order valence-corrected chi connectivity index (χ3v) is 5.94. The van der Waals surface area contributed by atoms with E-state index in [1.54, 1.807) is 36.4 Å². The van der Waals surface area contributed by atoms with Crippen molar-refractivity contribution in [2.24, 2.45) is 0 Å². The molecule has 0 aliphatic carbocycles. The van der Waals surface area contributed by atoms with E-state index in [1.165, 1.54) is 21.3 Å². The van der Waals surface area contributed by atoms with Crippen molar-refractivity contribution in [1.29, 1.82) is 0 Å². The summed E-state index contributed by atoms with van der Waals surface area (Å²) in [5, 5.41) is 6.82. The summed E-state index contributed by atoms with van der Waals surface area (Å²) in [4.78, 5) is 13.1. The zero-order valence-corrected chi connectivity index (χ0v) is 16.0. The lowest BCUT2D eigenvalue weighted by Crippen LogP contribution is -2.13. The molecule has 140 valence electrons. The second-order valence-corrected chi connectivity index (χ2v) is 7.76. The van der Waals surface area contributed by atoms with Gasteiger partial charge in [-0.25, -0.2) is 0 Å². The van der Waals surface area contributed by atoms with Crippen molar-refractivity contribution < 1.29 is 23.1 Å². The Hall–Kier alpha value is -2.73. The number of hydrogen-bond acceptors (Lipinski definition) is 6. The maximum Gasteiger partial charge on any atom is 0.379 e. The van der Waals surface area contributed by atoms with E-state index in [0.717, 1.165) is 0 Å². The molecule has 1 heterocycles. The highest BCUT2D eigenvalue weighted by Crippen LogP contribution is 2.47. The molecule has 0 amide bonds. The summed E-state index contributed by atoms with van der Waals surface area (Å²) in [6.45, 7) is 0. The van der Waals surface area contributed by atoms with Crippen LogP contribution in [0.2, 0.25) is 0 Å². The van der Waals surface area contributed by atoms with Gasteiger partial charge in [0.25, 0.3) is 0 Å². The van der Waals surface area contributed by atoms with Gasteiger partial charge in [-0.3, -0.25) is 14.5 Å². The third-order valence-electron chi connectivity index (χ3n) is 4.11. The Morgan fingerprint density at radius 1 is 1.00 bits per heavy atom. The van der Waals surface area contributed by atoms with E-state index in [-0.39, 0.29) is 16.9 Å². The van der Waals surface area contributed by atoms with Gasteiger partial charge >= 0.3 is 7.60 Å². The van der Waals surface area contributed by atoms with E-state index < -0.39 is 7.60 Å². The van der Waals surface area contributed by atoms with E-state index in [4.69, 9.17) is 13.8 Å². The number of nitrogens with one attached hydrogen (secondary N) is 1. The summed E-state index contributed by atoms with van der Waals surface area (Å²) in [6, 6.07) is 15.8. The first kappa shape index (κ1) is 19.0. The molecule has 0 radical (unpaired) electrons. The van der Waals surface area contributed by atoms with Gasteiger partial charge in [-0.2, -0.15) is 5.10 Å². The van der Waals surface area contributed by atoms with Crippen LogP contribution in [0.3, 0.4) is 0 Å². The molecule has 0 fully saturated rings. The van der Waals surface area contributed by atoms with Crippen molar-refractivity contribution in [1.82, 2.24) is 10.2 Å². The lowest BCUT2D eigenvalue weighted by atomic mass is 10.0. The highest BCUT2D eigenvalue weighted by Gasteiger charge is 2.34. The largest absolute Gasteiger partial charge is 0.497 e. The van der Waals surface area contributed by atoms with E-state index >= 15 is 0 Å². The number of carbonyl (C=O) groups excluding carboxylic acids is 1. The highest BCUT2D eigenvalue weighted by atomic mass is 31.2. The number of nitrogens with zero attached hydrogens (tertiary/aromatic N) is 1. The molecule has 3 rings (SSSR count). The minimum atomic E-state index is -3.66. The number of hydrogen-bond donors (Lipinski definition) is 1. The van der Waals surface area contributed by atoms with Crippen molar-refractivity contribution in [3.8, 4) is 16.9 Å². The molecule has 0 spiro atoms. The quantitative estimate of drug-likeness (QED) is 0.494. The molecule has 8 heteroatoms. The number of ketones is 1. The molecule has 0 aliphatic heterocycles. The SMILES string of the molecule is COc1cccc(C(=O)c2n[nH]c(P(=O)(OC)OC)c2-c2ccccc2)c1. The Balaban J connectivity index is 2.20. The summed E-state index contributed by atoms with van der Waals surface area (Å²) in [5.41, 5.74) is 1.70. The number of carbonyl (C=O) groups is 1. The maximum absolute atomic E-state index is 13.1. The molecular formula is C19H19N2O5P. The maximum atomic E-state index is 13.1. The van der Waals surface area contributed by atoms with Crippen LogP contribution in [0.25, 0.3) is 11.1 Å². The van der Waals surface area contributed by atoms with Crippen LogP contribution < -0.4 is 10.2 Å². The fourth-order valence-electron chi connectivity index (χ4n) is 2.73. The van der Waals surface area contributed by atoms with Crippen molar-refractivity contribution in [2.75, 3.05) is 21.3 Å². The van der Waals surface area contributed by atoms with Crippen molar-refractivity contribution >= 4 is 18.8 Å². The van der Waals surface area contributed by atoms with Crippen LogP contribution in [0.1, 0.15) is 16.1 Å². The van der Waals surface area contributed by atoms with Gasteiger partial charge in [0.1, 0.15) is 11.4 Å². The first-order valence-corrected chi connectivity index (χ1v) is 9.63. The minimum absolute atomic E-state index is 0.124. The van der Waals surface area contributed by atoms with Crippen LogP contribution in [0.15, 0.2) is 54.6 Å². The lowest BCUT2D eigenvalue weighted by molar-refractivity contribution is 0.103. The predicted molar refractivity (Wildman–Crippen MR) is 102 cm³/mol. The van der Waals surface area contributed by atoms with Gasteiger partial charge in [-0.1, -0.05) is 42.5 Å². The number of aromatic nitrogens is 2. The number of rotatable bonds is 7. The molecule has 27 heavy (non-hydrogen) atoms. The number of ether oxygens (including phenoxy) is 1. The van der Waals surface area contributed by atoms with Gasteiger partial charge < -0.3 is 13.8 Å². The molecule has 0 saturated heterocycles. The van der Waals surface area contributed by atoms with Crippen LogP contribution >= 0.6 is 7.60 Å². The van der Waals surface area contributed by atoms with E-state index in [0.29, 0.717) is 22.4 Å². The average molecular weight is 386 g/mol. The van der Waals surface area contributed by atoms with Crippen LogP contribution in [0, 0.1) is 0 Å². The molecule has 0 aliphatic rings. The molecule has 0 saturated carbocycles. The van der Waals surface area contributed by atoms with Crippen molar-refractivity contribution in [3.05, 3.63) is 65.9 Å². The van der Waals surface area contributed by atoms with E-state index in [2.05, 4.69) is 10.2 Å². The van der Waals surface area contributed by atoms with E-state index in [9.17, 15) is 9.36 Å². The molecule has 2 aromatic carbocycles. The summed E-state index contributed by atoms with van der Waals surface area (Å²) >= 11 is 0. The summed E-state index contributed by atoms with van der Waals surface area (Å²) < 4.78 is 28.4. The van der Waals surface area contributed by atoms with Crippen molar-refractivity contribution in [3.63, 3.8) is 0 Å². The van der Waals surface area contributed by atoms with Crippen LogP contribution in [-0.4, -0.2) is 37.3 Å². The van der Waals surface area contributed by atoms with Gasteiger partial charge in [0.05, 0.1) is 7.11 Å². The first-order valence-electron chi connectivity index (χ1n) is 8.08. The smallest absolute Gasteiger partial charge is 0.379 e. The normalized spacial score (nSPS) is 11.4. The molecule has 0 atom stereocenters. The molecule has 1 aromatic heterocycles. The van der Waals surface area contributed by atoms with Gasteiger partial charge in [0.2, 0.25) is 5.78 Å². The van der Waals surface area contributed by atoms with Gasteiger partial charge in [-0.05, 0) is 17.7 Å². The van der Waals surface area contributed by atoms with Gasteiger partial charge in [0.15, 0.2) is 5.44 Å². The van der Waals surface area contributed by atoms with Gasteiger partial charge in [0, 0.05) is 25.3 Å². The summed E-state index contributed by atoms with van der Waals surface area (Å²) in [6.07, 6.45) is 0. The number of methoxy groups -OCH3 is 1. The van der Waals surface area contributed by atoms with E-state index in [1.807, 2.05) is 18.2 Å². The fourth-order valence-corrected chi connectivity index (χ4v) is 3.93. The second kappa shape index (κ2) is 7.88. The third kappa shape index (κ3) is 3.57. The van der Waals surface area contributed by atoms with Crippen molar-refractivity contribution in [2.45, 2.75) is 0 Å². The Kier molecular flexibility index (Phi) is 5.56. The zero-order valence-electron chi connectivity index (χ0n) is 15.1. The molecule has 7 nitrogen and oxygen atoms in total. The lowest BCUT2D eigenvalue weighted by Gasteiger charge is -2.14. The number of benzene rings is 2.